The van der Waals surface area contributed by atoms with Crippen molar-refractivity contribution in [2.75, 3.05) is 32.1 Å². The summed E-state index contributed by atoms with van der Waals surface area (Å²) < 4.78 is 5.93. The molecule has 2 atom stereocenters. The normalized spacial score (nSPS) is 27.4. The summed E-state index contributed by atoms with van der Waals surface area (Å²) in [4.78, 5) is 2.17. The Hall–Kier alpha value is -1.06. The van der Waals surface area contributed by atoms with E-state index < -0.39 is 0 Å². The number of fused-ring (bicyclic) bond motifs is 3. The summed E-state index contributed by atoms with van der Waals surface area (Å²) in [6.45, 7) is 2.80. The molecule has 1 aromatic rings. The van der Waals surface area contributed by atoms with Gasteiger partial charge in [0.1, 0.15) is 0 Å². The summed E-state index contributed by atoms with van der Waals surface area (Å²) in [6, 6.07) is 6.59. The zero-order valence-corrected chi connectivity index (χ0v) is 9.86. The van der Waals surface area contributed by atoms with Gasteiger partial charge < -0.3 is 15.0 Å². The maximum absolute atomic E-state index is 5.93. The minimum absolute atomic E-state index is 0.380. The third kappa shape index (κ3) is 1.43. The lowest BCUT2D eigenvalue weighted by molar-refractivity contribution is 0.0302. The van der Waals surface area contributed by atoms with E-state index in [9.17, 15) is 0 Å². The highest BCUT2D eigenvalue weighted by molar-refractivity contribution is 5.57. The van der Waals surface area contributed by atoms with Crippen LogP contribution in [0.15, 0.2) is 18.2 Å². The summed E-state index contributed by atoms with van der Waals surface area (Å²) in [5.74, 6) is 0.545. The number of anilines is 1. The van der Waals surface area contributed by atoms with Crippen LogP contribution < -0.4 is 10.2 Å². The summed E-state index contributed by atoms with van der Waals surface area (Å²) >= 11 is 0. The Bertz CT molecular complexity index is 403. The quantitative estimate of drug-likeness (QED) is 0.770. The number of nitrogens with one attached hydrogen (secondary N) is 1. The van der Waals surface area contributed by atoms with E-state index in [-0.39, 0.29) is 0 Å². The van der Waals surface area contributed by atoms with Crippen molar-refractivity contribution in [3.05, 3.63) is 29.3 Å². The third-order valence-electron chi connectivity index (χ3n) is 3.67. The molecule has 2 aliphatic heterocycles. The molecule has 3 nitrogen and oxygen atoms in total. The fraction of sp³-hybridized carbons (Fsp3) is 0.538. The molecule has 1 aromatic carbocycles. The fourth-order valence-corrected chi connectivity index (χ4v) is 2.85. The predicted octanol–water partition coefficient (Wildman–Crippen LogP) is 1.34. The van der Waals surface area contributed by atoms with Crippen LogP contribution in [0.25, 0.3) is 0 Å². The highest BCUT2D eigenvalue weighted by Gasteiger charge is 2.35. The van der Waals surface area contributed by atoms with Crippen molar-refractivity contribution in [1.82, 2.24) is 5.32 Å². The van der Waals surface area contributed by atoms with E-state index in [1.54, 1.807) is 0 Å². The van der Waals surface area contributed by atoms with E-state index in [4.69, 9.17) is 4.74 Å². The Labute approximate surface area is 96.4 Å². The Morgan fingerprint density at radius 3 is 3.00 bits per heavy atom. The van der Waals surface area contributed by atoms with Gasteiger partial charge in [-0.25, -0.2) is 0 Å². The Morgan fingerprint density at radius 1 is 1.31 bits per heavy atom. The summed E-state index contributed by atoms with van der Waals surface area (Å²) in [5.41, 5.74) is 4.15. The number of rotatable bonds is 1. The second-order valence-electron chi connectivity index (χ2n) is 4.85. The molecule has 1 fully saturated rings. The molecular formula is C13H18N2O. The van der Waals surface area contributed by atoms with Gasteiger partial charge in [-0.2, -0.15) is 0 Å². The van der Waals surface area contributed by atoms with E-state index in [0.717, 1.165) is 19.7 Å². The minimum atomic E-state index is 0.380. The van der Waals surface area contributed by atoms with Gasteiger partial charge in [0, 0.05) is 44.4 Å². The molecule has 0 aromatic heterocycles. The summed E-state index contributed by atoms with van der Waals surface area (Å²) in [6.07, 6.45) is 0.380. The van der Waals surface area contributed by atoms with Crippen molar-refractivity contribution in [2.24, 2.45) is 0 Å². The number of ether oxygens (including phenoxy) is 1. The van der Waals surface area contributed by atoms with Crippen LogP contribution in [0.1, 0.15) is 17.0 Å². The second-order valence-corrected chi connectivity index (χ2v) is 4.85. The van der Waals surface area contributed by atoms with Gasteiger partial charge in [0.05, 0.1) is 12.7 Å². The maximum Gasteiger partial charge on any atom is 0.0784 e. The van der Waals surface area contributed by atoms with Crippen molar-refractivity contribution in [3.8, 4) is 0 Å². The van der Waals surface area contributed by atoms with Crippen LogP contribution in [0.5, 0.6) is 0 Å². The van der Waals surface area contributed by atoms with Crippen LogP contribution in [0.4, 0.5) is 5.69 Å². The first-order chi connectivity index (χ1) is 7.77. The number of hydrogen-bond acceptors (Lipinski definition) is 3. The van der Waals surface area contributed by atoms with Gasteiger partial charge in [0.2, 0.25) is 0 Å². The molecule has 0 bridgehead atoms. The average molecular weight is 218 g/mol. The van der Waals surface area contributed by atoms with E-state index >= 15 is 0 Å². The Balaban J connectivity index is 2.07. The molecule has 0 spiro atoms. The van der Waals surface area contributed by atoms with Crippen LogP contribution in [0, 0.1) is 0 Å². The molecule has 1 unspecified atom stereocenters. The lowest BCUT2D eigenvalue weighted by Gasteiger charge is -2.31. The van der Waals surface area contributed by atoms with Crippen molar-refractivity contribution in [2.45, 2.75) is 18.6 Å². The molecule has 0 amide bonds. The van der Waals surface area contributed by atoms with Crippen molar-refractivity contribution in [3.63, 3.8) is 0 Å². The highest BCUT2D eigenvalue weighted by atomic mass is 16.5. The zero-order valence-electron chi connectivity index (χ0n) is 9.86. The van der Waals surface area contributed by atoms with Crippen molar-refractivity contribution < 1.29 is 4.74 Å². The number of benzene rings is 1. The summed E-state index contributed by atoms with van der Waals surface area (Å²) in [7, 11) is 4.18. The lowest BCUT2D eigenvalue weighted by atomic mass is 9.88. The smallest absolute Gasteiger partial charge is 0.0784 e. The molecule has 2 aliphatic rings. The first-order valence-electron chi connectivity index (χ1n) is 5.89. The Morgan fingerprint density at radius 2 is 2.19 bits per heavy atom. The average Bonchev–Trinajstić information content (AvgIpc) is 2.76. The first-order valence-corrected chi connectivity index (χ1v) is 5.89. The number of nitrogens with zero attached hydrogens (tertiary/aromatic N) is 1. The summed E-state index contributed by atoms with van der Waals surface area (Å²) in [5, 5.41) is 3.42. The molecule has 2 heterocycles. The largest absolute Gasteiger partial charge is 0.377 e. The first kappa shape index (κ1) is 10.1. The van der Waals surface area contributed by atoms with E-state index in [1.807, 2.05) is 0 Å². The monoisotopic (exact) mass is 218 g/mol. The van der Waals surface area contributed by atoms with Crippen LogP contribution in [0.3, 0.4) is 0 Å². The van der Waals surface area contributed by atoms with Gasteiger partial charge in [-0.05, 0) is 11.6 Å². The van der Waals surface area contributed by atoms with Gasteiger partial charge in [-0.15, -0.1) is 0 Å². The van der Waals surface area contributed by atoms with Crippen molar-refractivity contribution in [1.29, 1.82) is 0 Å². The van der Waals surface area contributed by atoms with Gasteiger partial charge in [-0.1, -0.05) is 12.1 Å². The molecule has 1 N–H and O–H groups in total. The van der Waals surface area contributed by atoms with Crippen LogP contribution in [0.2, 0.25) is 0 Å². The maximum atomic E-state index is 5.93. The highest BCUT2D eigenvalue weighted by Crippen LogP contribution is 2.37. The van der Waals surface area contributed by atoms with Crippen LogP contribution in [-0.2, 0) is 11.3 Å². The fourth-order valence-electron chi connectivity index (χ4n) is 2.85. The zero-order chi connectivity index (χ0) is 11.1. The Kier molecular flexibility index (Phi) is 2.37. The SMILES string of the molecule is CN(C)c1cccc2c1COC1CNC[C@@H]21. The van der Waals surface area contributed by atoms with Crippen LogP contribution in [-0.4, -0.2) is 33.3 Å². The van der Waals surface area contributed by atoms with Crippen LogP contribution >= 0.6 is 0 Å². The molecule has 86 valence electrons. The van der Waals surface area contributed by atoms with Gasteiger partial charge in [-0.3, -0.25) is 0 Å². The van der Waals surface area contributed by atoms with E-state index in [1.165, 1.54) is 16.8 Å². The molecule has 3 rings (SSSR count). The minimum Gasteiger partial charge on any atom is -0.377 e. The van der Waals surface area contributed by atoms with Gasteiger partial charge in [0.25, 0.3) is 0 Å². The topological polar surface area (TPSA) is 24.5 Å². The standard InChI is InChI=1S/C13H18N2O/c1-15(2)12-5-3-4-9-10-6-14-7-13(10)16-8-11(9)12/h3-5,10,13-14H,6-8H2,1-2H3/t10-,13?/m0/s1. The van der Waals surface area contributed by atoms with Gasteiger partial charge >= 0.3 is 0 Å². The molecule has 0 aliphatic carbocycles. The third-order valence-corrected chi connectivity index (χ3v) is 3.67. The molecule has 16 heavy (non-hydrogen) atoms. The molecule has 0 radical (unpaired) electrons. The molecule has 1 saturated heterocycles. The van der Waals surface area contributed by atoms with E-state index in [2.05, 4.69) is 42.5 Å². The number of hydrogen-bond donors (Lipinski definition) is 1. The molecular weight excluding hydrogens is 200 g/mol. The lowest BCUT2D eigenvalue weighted by Crippen LogP contribution is -2.28. The van der Waals surface area contributed by atoms with Crippen molar-refractivity contribution >= 4 is 5.69 Å². The van der Waals surface area contributed by atoms with Gasteiger partial charge in [0.15, 0.2) is 0 Å². The molecule has 0 saturated carbocycles. The predicted molar refractivity (Wildman–Crippen MR) is 65.0 cm³/mol. The second kappa shape index (κ2) is 3.75. The molecule has 3 heteroatoms. The van der Waals surface area contributed by atoms with E-state index in [0.29, 0.717) is 12.0 Å².